The fraction of sp³-hybridized carbons (Fsp3) is 0.739. The molecule has 0 aromatic carbocycles. The van der Waals surface area contributed by atoms with E-state index >= 15 is 0 Å². The number of allylic oxidation sites excluding steroid dienone is 4. The van der Waals surface area contributed by atoms with Crippen LogP contribution in [0, 0.1) is 5.92 Å². The van der Waals surface area contributed by atoms with E-state index in [1.807, 2.05) is 0 Å². The van der Waals surface area contributed by atoms with E-state index in [4.69, 9.17) is 5.11 Å². The van der Waals surface area contributed by atoms with Gasteiger partial charge in [0.25, 0.3) is 0 Å². The van der Waals surface area contributed by atoms with E-state index in [-0.39, 0.29) is 11.8 Å². The van der Waals surface area contributed by atoms with Gasteiger partial charge in [0.15, 0.2) is 0 Å². The van der Waals surface area contributed by atoms with Crippen LogP contribution in [0.4, 0.5) is 0 Å². The first-order chi connectivity index (χ1) is 13.0. The molecular formula is C23H41NO3. The topological polar surface area (TPSA) is 66.4 Å². The van der Waals surface area contributed by atoms with E-state index in [9.17, 15) is 9.59 Å². The van der Waals surface area contributed by atoms with Crippen molar-refractivity contribution in [1.82, 2.24) is 5.32 Å². The minimum Gasteiger partial charge on any atom is -0.480 e. The molecule has 156 valence electrons. The molecule has 0 aliphatic rings. The summed E-state index contributed by atoms with van der Waals surface area (Å²) in [4.78, 5) is 22.9. The second kappa shape index (κ2) is 17.8. The van der Waals surface area contributed by atoms with Crippen LogP contribution < -0.4 is 5.32 Å². The molecule has 0 aromatic rings. The lowest BCUT2D eigenvalue weighted by molar-refractivity contribution is -0.143. The number of nitrogens with one attached hydrogen (secondary N) is 1. The number of rotatable bonds is 17. The second-order valence-corrected chi connectivity index (χ2v) is 7.61. The summed E-state index contributed by atoms with van der Waals surface area (Å²) >= 11 is 0. The highest BCUT2D eigenvalue weighted by Gasteiger charge is 2.22. The van der Waals surface area contributed by atoms with Gasteiger partial charge in [-0.2, -0.15) is 0 Å². The summed E-state index contributed by atoms with van der Waals surface area (Å²) in [6, 6.07) is -0.782. The summed E-state index contributed by atoms with van der Waals surface area (Å²) in [5.41, 5.74) is 0. The van der Waals surface area contributed by atoms with Crippen molar-refractivity contribution in [2.45, 2.75) is 104 Å². The van der Waals surface area contributed by atoms with Crippen molar-refractivity contribution in [3.8, 4) is 0 Å². The number of aliphatic carboxylic acids is 1. The molecule has 27 heavy (non-hydrogen) atoms. The molecule has 4 nitrogen and oxygen atoms in total. The third kappa shape index (κ3) is 16.3. The van der Waals surface area contributed by atoms with E-state index in [1.165, 1.54) is 38.5 Å². The standard InChI is InChI=1S/C23H41NO3/c1-4-5-6-7-8-9-10-11-12-13-14-15-16-17-18-19-21(25)24-22(20(2)3)23(26)27/h8-9,11-12,20,22H,4-7,10,13-19H2,1-3H3,(H,24,25)(H,26,27)/b9-8-,12-11-/t22-/m0/s1. The number of hydrogen-bond acceptors (Lipinski definition) is 2. The predicted octanol–water partition coefficient (Wildman–Crippen LogP) is 6.03. The summed E-state index contributed by atoms with van der Waals surface area (Å²) < 4.78 is 0. The van der Waals surface area contributed by atoms with Gasteiger partial charge < -0.3 is 10.4 Å². The summed E-state index contributed by atoms with van der Waals surface area (Å²) in [6.45, 7) is 5.84. The molecule has 0 saturated heterocycles. The lowest BCUT2D eigenvalue weighted by atomic mass is 10.0. The maximum absolute atomic E-state index is 11.8. The van der Waals surface area contributed by atoms with Gasteiger partial charge in [0.1, 0.15) is 6.04 Å². The Morgan fingerprint density at radius 2 is 1.41 bits per heavy atom. The van der Waals surface area contributed by atoms with Gasteiger partial charge in [0.2, 0.25) is 5.91 Å². The molecule has 0 bridgehead atoms. The molecule has 0 unspecified atom stereocenters. The van der Waals surface area contributed by atoms with Gasteiger partial charge in [0.05, 0.1) is 0 Å². The second-order valence-electron chi connectivity index (χ2n) is 7.61. The molecule has 2 N–H and O–H groups in total. The van der Waals surface area contributed by atoms with Gasteiger partial charge >= 0.3 is 5.97 Å². The first kappa shape index (κ1) is 25.4. The molecule has 0 spiro atoms. The van der Waals surface area contributed by atoms with Crippen LogP contribution in [0.25, 0.3) is 0 Å². The highest BCUT2D eigenvalue weighted by Crippen LogP contribution is 2.09. The minimum atomic E-state index is -0.960. The van der Waals surface area contributed by atoms with Crippen LogP contribution in [0.15, 0.2) is 24.3 Å². The third-order valence-electron chi connectivity index (χ3n) is 4.60. The van der Waals surface area contributed by atoms with Crippen molar-refractivity contribution < 1.29 is 14.7 Å². The molecule has 1 atom stereocenters. The number of amides is 1. The maximum atomic E-state index is 11.8. The first-order valence-corrected chi connectivity index (χ1v) is 10.8. The number of carboxylic acid groups (broad SMARTS) is 1. The highest BCUT2D eigenvalue weighted by molar-refractivity contribution is 5.83. The molecule has 4 heteroatoms. The molecule has 0 radical (unpaired) electrons. The van der Waals surface area contributed by atoms with Crippen LogP contribution in [0.5, 0.6) is 0 Å². The van der Waals surface area contributed by atoms with Crippen LogP contribution >= 0.6 is 0 Å². The summed E-state index contributed by atoms with van der Waals surface area (Å²) in [5, 5.41) is 11.7. The average molecular weight is 380 g/mol. The Hall–Kier alpha value is -1.58. The SMILES string of the molecule is CCCCC/C=C\C/C=C\CCCCCCCC(=O)N[C@H](C(=O)O)C(C)C. The van der Waals surface area contributed by atoms with Gasteiger partial charge in [-0.05, 0) is 44.4 Å². The molecule has 0 rings (SSSR count). The zero-order valence-electron chi connectivity index (χ0n) is 17.7. The fourth-order valence-corrected chi connectivity index (χ4v) is 2.86. The summed E-state index contributed by atoms with van der Waals surface area (Å²) in [6.07, 6.45) is 22.1. The Balaban J connectivity index is 3.52. The fourth-order valence-electron chi connectivity index (χ4n) is 2.86. The Morgan fingerprint density at radius 3 is 1.96 bits per heavy atom. The Kier molecular flexibility index (Phi) is 16.8. The molecule has 0 aliphatic heterocycles. The number of carbonyl (C=O) groups excluding carboxylic acids is 1. The Labute approximate surface area is 166 Å². The number of hydrogen-bond donors (Lipinski definition) is 2. The highest BCUT2D eigenvalue weighted by atomic mass is 16.4. The average Bonchev–Trinajstić information content (AvgIpc) is 2.62. The van der Waals surface area contributed by atoms with Crippen molar-refractivity contribution in [3.05, 3.63) is 24.3 Å². The molecule has 0 saturated carbocycles. The normalized spacial score (nSPS) is 12.9. The zero-order chi connectivity index (χ0) is 20.3. The quantitative estimate of drug-likeness (QED) is 0.240. The number of unbranched alkanes of at least 4 members (excludes halogenated alkanes) is 8. The van der Waals surface area contributed by atoms with Gasteiger partial charge in [-0.15, -0.1) is 0 Å². The first-order valence-electron chi connectivity index (χ1n) is 10.8. The van der Waals surface area contributed by atoms with E-state index < -0.39 is 12.0 Å². The molecule has 0 aromatic heterocycles. The maximum Gasteiger partial charge on any atom is 0.326 e. The predicted molar refractivity (Wildman–Crippen MR) is 114 cm³/mol. The van der Waals surface area contributed by atoms with E-state index in [2.05, 4.69) is 36.5 Å². The number of carbonyl (C=O) groups is 2. The van der Waals surface area contributed by atoms with Crippen LogP contribution in [0.3, 0.4) is 0 Å². The lowest BCUT2D eigenvalue weighted by Gasteiger charge is -2.17. The Morgan fingerprint density at radius 1 is 0.852 bits per heavy atom. The number of carboxylic acids is 1. The van der Waals surface area contributed by atoms with Gasteiger partial charge in [0, 0.05) is 6.42 Å². The summed E-state index contributed by atoms with van der Waals surface area (Å²) in [7, 11) is 0. The third-order valence-corrected chi connectivity index (χ3v) is 4.60. The smallest absolute Gasteiger partial charge is 0.326 e. The lowest BCUT2D eigenvalue weighted by Crippen LogP contribution is -2.44. The minimum absolute atomic E-state index is 0.101. The van der Waals surface area contributed by atoms with Crippen molar-refractivity contribution >= 4 is 11.9 Å². The van der Waals surface area contributed by atoms with Crippen molar-refractivity contribution in [3.63, 3.8) is 0 Å². The van der Waals surface area contributed by atoms with E-state index in [0.717, 1.165) is 32.1 Å². The van der Waals surface area contributed by atoms with Crippen LogP contribution in [-0.2, 0) is 9.59 Å². The van der Waals surface area contributed by atoms with Crippen molar-refractivity contribution in [2.75, 3.05) is 0 Å². The van der Waals surface area contributed by atoms with Gasteiger partial charge in [-0.3, -0.25) is 4.79 Å². The largest absolute Gasteiger partial charge is 0.480 e. The van der Waals surface area contributed by atoms with Crippen molar-refractivity contribution in [1.29, 1.82) is 0 Å². The van der Waals surface area contributed by atoms with Crippen LogP contribution in [0.1, 0.15) is 97.8 Å². The molecular weight excluding hydrogens is 338 g/mol. The molecule has 0 aliphatic carbocycles. The Bertz CT molecular complexity index is 441. The van der Waals surface area contributed by atoms with Crippen LogP contribution in [-0.4, -0.2) is 23.0 Å². The van der Waals surface area contributed by atoms with Crippen LogP contribution in [0.2, 0.25) is 0 Å². The van der Waals surface area contributed by atoms with Crippen molar-refractivity contribution in [2.24, 2.45) is 5.92 Å². The van der Waals surface area contributed by atoms with Gasteiger partial charge in [-0.25, -0.2) is 4.79 Å². The van der Waals surface area contributed by atoms with E-state index in [0.29, 0.717) is 6.42 Å². The zero-order valence-corrected chi connectivity index (χ0v) is 17.7. The molecule has 0 heterocycles. The van der Waals surface area contributed by atoms with E-state index in [1.54, 1.807) is 13.8 Å². The molecule has 0 fully saturated rings. The molecule has 1 amide bonds. The monoisotopic (exact) mass is 379 g/mol. The summed E-state index contributed by atoms with van der Waals surface area (Å²) in [5.74, 6) is -1.21. The van der Waals surface area contributed by atoms with Gasteiger partial charge in [-0.1, -0.05) is 77.2 Å².